The van der Waals surface area contributed by atoms with Gasteiger partial charge in [-0.25, -0.2) is 13.2 Å². The van der Waals surface area contributed by atoms with Gasteiger partial charge >= 0.3 is 0 Å². The van der Waals surface area contributed by atoms with Gasteiger partial charge in [-0.15, -0.1) is 0 Å². The van der Waals surface area contributed by atoms with Crippen LogP contribution in [-0.2, 0) is 0 Å². The highest BCUT2D eigenvalue weighted by Gasteiger charge is 2.15. The first-order valence-corrected chi connectivity index (χ1v) is 6.51. The summed E-state index contributed by atoms with van der Waals surface area (Å²) in [5.41, 5.74) is 1.56. The molecular weight excluding hydrogens is 263 g/mol. The van der Waals surface area contributed by atoms with Crippen LogP contribution in [0.5, 0.6) is 0 Å². The molecule has 1 atom stereocenters. The molecule has 4 heteroatoms. The van der Waals surface area contributed by atoms with Crippen molar-refractivity contribution in [1.82, 2.24) is 5.32 Å². The molecule has 106 valence electrons. The van der Waals surface area contributed by atoms with Gasteiger partial charge in [0.2, 0.25) is 0 Å². The van der Waals surface area contributed by atoms with Gasteiger partial charge in [0, 0.05) is 11.6 Å². The van der Waals surface area contributed by atoms with Crippen molar-refractivity contribution in [2.45, 2.75) is 19.9 Å². The maximum atomic E-state index is 13.8. The van der Waals surface area contributed by atoms with E-state index >= 15 is 0 Å². The van der Waals surface area contributed by atoms with Gasteiger partial charge in [0.15, 0.2) is 17.5 Å². The number of benzene rings is 2. The van der Waals surface area contributed by atoms with Crippen LogP contribution in [0.15, 0.2) is 36.4 Å². The molecule has 0 aliphatic heterocycles. The third kappa shape index (κ3) is 2.85. The quantitative estimate of drug-likeness (QED) is 0.816. The topological polar surface area (TPSA) is 12.0 Å². The molecule has 2 rings (SSSR count). The lowest BCUT2D eigenvalue weighted by atomic mass is 9.99. The van der Waals surface area contributed by atoms with Crippen molar-refractivity contribution in [2.24, 2.45) is 0 Å². The van der Waals surface area contributed by atoms with Gasteiger partial charge in [-0.1, -0.05) is 25.1 Å². The Balaban J connectivity index is 2.44. The molecule has 0 radical (unpaired) electrons. The molecule has 0 amide bonds. The maximum Gasteiger partial charge on any atom is 0.195 e. The van der Waals surface area contributed by atoms with Crippen LogP contribution in [0, 0.1) is 17.5 Å². The number of rotatable bonds is 4. The second-order valence-corrected chi connectivity index (χ2v) is 4.63. The smallest absolute Gasteiger partial charge is 0.195 e. The van der Waals surface area contributed by atoms with Crippen LogP contribution in [0.3, 0.4) is 0 Å². The molecule has 0 saturated carbocycles. The Morgan fingerprint density at radius 2 is 1.80 bits per heavy atom. The average molecular weight is 279 g/mol. The minimum Gasteiger partial charge on any atom is -0.310 e. The highest BCUT2D eigenvalue weighted by molar-refractivity contribution is 5.65. The zero-order chi connectivity index (χ0) is 14.7. The van der Waals surface area contributed by atoms with Gasteiger partial charge < -0.3 is 5.32 Å². The van der Waals surface area contributed by atoms with Crippen molar-refractivity contribution in [1.29, 1.82) is 0 Å². The van der Waals surface area contributed by atoms with E-state index in [-0.39, 0.29) is 11.6 Å². The van der Waals surface area contributed by atoms with E-state index in [1.165, 1.54) is 6.07 Å². The van der Waals surface area contributed by atoms with Crippen molar-refractivity contribution < 1.29 is 13.2 Å². The lowest BCUT2D eigenvalue weighted by Gasteiger charge is -2.14. The predicted molar refractivity (Wildman–Crippen MR) is 73.8 cm³/mol. The van der Waals surface area contributed by atoms with Crippen LogP contribution in [0.1, 0.15) is 25.5 Å². The molecule has 1 N–H and O–H groups in total. The maximum absolute atomic E-state index is 13.8. The molecule has 0 heterocycles. The third-order valence-electron chi connectivity index (χ3n) is 3.24. The summed E-state index contributed by atoms with van der Waals surface area (Å²) in [6, 6.07) is 9.45. The van der Waals surface area contributed by atoms with Crippen LogP contribution in [-0.4, -0.2) is 6.54 Å². The van der Waals surface area contributed by atoms with E-state index < -0.39 is 17.5 Å². The fourth-order valence-corrected chi connectivity index (χ4v) is 2.15. The molecule has 0 fully saturated rings. The fourth-order valence-electron chi connectivity index (χ4n) is 2.15. The second kappa shape index (κ2) is 6.09. The monoisotopic (exact) mass is 279 g/mol. The van der Waals surface area contributed by atoms with Crippen LogP contribution in [0.2, 0.25) is 0 Å². The summed E-state index contributed by atoms with van der Waals surface area (Å²) in [7, 11) is 0. The molecule has 2 aromatic carbocycles. The summed E-state index contributed by atoms with van der Waals surface area (Å²) < 4.78 is 40.1. The van der Waals surface area contributed by atoms with Gasteiger partial charge in [0.25, 0.3) is 0 Å². The molecule has 1 unspecified atom stereocenters. The predicted octanol–water partition coefficient (Wildman–Crippen LogP) is 4.44. The van der Waals surface area contributed by atoms with E-state index in [0.29, 0.717) is 5.56 Å². The lowest BCUT2D eigenvalue weighted by molar-refractivity contribution is 0.449. The zero-order valence-electron chi connectivity index (χ0n) is 11.4. The largest absolute Gasteiger partial charge is 0.310 e. The number of hydrogen-bond acceptors (Lipinski definition) is 1. The van der Waals surface area contributed by atoms with Crippen molar-refractivity contribution in [3.8, 4) is 11.1 Å². The average Bonchev–Trinajstić information content (AvgIpc) is 2.45. The standard InChI is InChI=1S/C16H16F3N/c1-3-20-10(2)11-5-4-6-12(9-11)13-7-8-14(17)16(19)15(13)18/h4-10,20H,3H2,1-2H3. The molecule has 20 heavy (non-hydrogen) atoms. The summed E-state index contributed by atoms with van der Waals surface area (Å²) in [6.07, 6.45) is 0. The minimum absolute atomic E-state index is 0.0643. The van der Waals surface area contributed by atoms with Gasteiger partial charge in [0.1, 0.15) is 0 Å². The van der Waals surface area contributed by atoms with Gasteiger partial charge in [-0.3, -0.25) is 0 Å². The van der Waals surface area contributed by atoms with Gasteiger partial charge in [0.05, 0.1) is 0 Å². The van der Waals surface area contributed by atoms with Crippen molar-refractivity contribution in [3.63, 3.8) is 0 Å². The van der Waals surface area contributed by atoms with Crippen LogP contribution in [0.4, 0.5) is 13.2 Å². The SMILES string of the molecule is CCNC(C)c1cccc(-c2ccc(F)c(F)c2F)c1. The third-order valence-corrected chi connectivity index (χ3v) is 3.24. The van der Waals surface area contributed by atoms with E-state index in [0.717, 1.165) is 18.2 Å². The summed E-state index contributed by atoms with van der Waals surface area (Å²) in [5.74, 6) is -3.77. The zero-order valence-corrected chi connectivity index (χ0v) is 11.4. The Labute approximate surface area is 116 Å². The normalized spacial score (nSPS) is 12.4. The van der Waals surface area contributed by atoms with Crippen LogP contribution < -0.4 is 5.32 Å². The molecule has 0 bridgehead atoms. The number of hydrogen-bond donors (Lipinski definition) is 1. The first kappa shape index (κ1) is 14.6. The fraction of sp³-hybridized carbons (Fsp3) is 0.250. The second-order valence-electron chi connectivity index (χ2n) is 4.63. The molecule has 0 aromatic heterocycles. The molecule has 0 aliphatic carbocycles. The van der Waals surface area contributed by atoms with Gasteiger partial charge in [-0.05, 0) is 42.8 Å². The van der Waals surface area contributed by atoms with E-state index in [4.69, 9.17) is 0 Å². The Kier molecular flexibility index (Phi) is 4.45. The van der Waals surface area contributed by atoms with Gasteiger partial charge in [-0.2, -0.15) is 0 Å². The Bertz CT molecular complexity index is 611. The summed E-state index contributed by atoms with van der Waals surface area (Å²) >= 11 is 0. The van der Waals surface area contributed by atoms with E-state index in [2.05, 4.69) is 5.32 Å². The summed E-state index contributed by atoms with van der Waals surface area (Å²) in [6.45, 7) is 4.80. The first-order chi connectivity index (χ1) is 9.54. The highest BCUT2D eigenvalue weighted by atomic mass is 19.2. The van der Waals surface area contributed by atoms with Crippen molar-refractivity contribution >= 4 is 0 Å². The van der Waals surface area contributed by atoms with Crippen LogP contribution >= 0.6 is 0 Å². The van der Waals surface area contributed by atoms with Crippen molar-refractivity contribution in [2.75, 3.05) is 6.54 Å². The van der Waals surface area contributed by atoms with E-state index in [1.54, 1.807) is 18.2 Å². The molecule has 0 spiro atoms. The van der Waals surface area contributed by atoms with E-state index in [1.807, 2.05) is 19.9 Å². The Hall–Kier alpha value is -1.81. The highest BCUT2D eigenvalue weighted by Crippen LogP contribution is 2.27. The Morgan fingerprint density at radius 3 is 2.50 bits per heavy atom. The number of halogens is 3. The molecule has 0 saturated heterocycles. The molecule has 0 aliphatic rings. The Morgan fingerprint density at radius 1 is 1.05 bits per heavy atom. The molecular formula is C16H16F3N. The first-order valence-electron chi connectivity index (χ1n) is 6.51. The summed E-state index contributed by atoms with van der Waals surface area (Å²) in [4.78, 5) is 0. The lowest BCUT2D eigenvalue weighted by Crippen LogP contribution is -2.17. The van der Waals surface area contributed by atoms with Crippen molar-refractivity contribution in [3.05, 3.63) is 59.4 Å². The minimum atomic E-state index is -1.44. The molecule has 2 aromatic rings. The summed E-state index contributed by atoms with van der Waals surface area (Å²) in [5, 5.41) is 3.25. The van der Waals surface area contributed by atoms with E-state index in [9.17, 15) is 13.2 Å². The number of nitrogens with one attached hydrogen (secondary N) is 1. The van der Waals surface area contributed by atoms with Crippen LogP contribution in [0.25, 0.3) is 11.1 Å². The molecule has 1 nitrogen and oxygen atoms in total.